The lowest BCUT2D eigenvalue weighted by Gasteiger charge is -1.98. The van der Waals surface area contributed by atoms with Crippen molar-refractivity contribution in [3.05, 3.63) is 11.6 Å². The van der Waals surface area contributed by atoms with Gasteiger partial charge in [-0.05, 0) is 37.7 Å². The molecule has 1 rings (SSSR count). The first kappa shape index (κ1) is 9.14. The van der Waals surface area contributed by atoms with Gasteiger partial charge < -0.3 is 5.11 Å². The smallest absolute Gasteiger partial charge is 0.0726 e. The van der Waals surface area contributed by atoms with Gasteiger partial charge in [-0.15, -0.1) is 0 Å². The number of hydrogen-bond acceptors (Lipinski definition) is 2. The van der Waals surface area contributed by atoms with Crippen molar-refractivity contribution < 1.29 is 5.11 Å². The Morgan fingerprint density at radius 1 is 1.73 bits per heavy atom. The molecule has 0 saturated carbocycles. The first-order valence-corrected chi connectivity index (χ1v) is 5.59. The summed E-state index contributed by atoms with van der Waals surface area (Å²) in [6.45, 7) is 0. The average Bonchev–Trinajstić information content (AvgIpc) is 2.37. The van der Waals surface area contributed by atoms with Gasteiger partial charge in [0.05, 0.1) is 6.10 Å². The summed E-state index contributed by atoms with van der Waals surface area (Å²) in [7, 11) is 0. The molecule has 0 bridgehead atoms. The third-order valence-electron chi connectivity index (χ3n) is 2.04. The van der Waals surface area contributed by atoms with Crippen molar-refractivity contribution >= 4 is 11.8 Å². The summed E-state index contributed by atoms with van der Waals surface area (Å²) in [5.41, 5.74) is 1.46. The van der Waals surface area contributed by atoms with Crippen molar-refractivity contribution in [2.45, 2.75) is 31.8 Å². The molecule has 0 spiro atoms. The fourth-order valence-electron chi connectivity index (χ4n) is 1.42. The zero-order valence-electron chi connectivity index (χ0n) is 7.05. The molecule has 1 N–H and O–H groups in total. The van der Waals surface area contributed by atoms with Crippen LogP contribution in [0, 0.1) is 0 Å². The summed E-state index contributed by atoms with van der Waals surface area (Å²) < 4.78 is 0. The molecule has 0 aromatic heterocycles. The van der Waals surface area contributed by atoms with Crippen molar-refractivity contribution in [3.8, 4) is 0 Å². The Morgan fingerprint density at radius 3 is 3.09 bits per heavy atom. The first-order valence-electron chi connectivity index (χ1n) is 4.19. The summed E-state index contributed by atoms with van der Waals surface area (Å²) in [6.07, 6.45) is 8.55. The average molecular weight is 172 g/mol. The monoisotopic (exact) mass is 172 g/mol. The van der Waals surface area contributed by atoms with E-state index in [1.807, 2.05) is 17.8 Å². The van der Waals surface area contributed by atoms with Crippen LogP contribution in [0.5, 0.6) is 0 Å². The zero-order valence-corrected chi connectivity index (χ0v) is 7.86. The molecule has 11 heavy (non-hydrogen) atoms. The fraction of sp³-hybridized carbons (Fsp3) is 0.778. The second-order valence-corrected chi connectivity index (χ2v) is 4.01. The summed E-state index contributed by atoms with van der Waals surface area (Å²) in [4.78, 5) is 0. The molecule has 0 amide bonds. The fourth-order valence-corrected chi connectivity index (χ4v) is 1.86. The van der Waals surface area contributed by atoms with Crippen LogP contribution in [0.2, 0.25) is 0 Å². The van der Waals surface area contributed by atoms with Crippen molar-refractivity contribution in [2.24, 2.45) is 0 Å². The van der Waals surface area contributed by atoms with Crippen LogP contribution in [0.1, 0.15) is 25.7 Å². The van der Waals surface area contributed by atoms with Gasteiger partial charge >= 0.3 is 0 Å². The van der Waals surface area contributed by atoms with E-state index in [1.54, 1.807) is 0 Å². The molecule has 0 radical (unpaired) electrons. The SMILES string of the molecule is CSCCCC1=CC(O)CC1. The molecule has 0 saturated heterocycles. The van der Waals surface area contributed by atoms with Crippen molar-refractivity contribution in [2.75, 3.05) is 12.0 Å². The molecule has 1 atom stereocenters. The standard InChI is InChI=1S/C9H16OS/c1-11-6-2-3-8-4-5-9(10)7-8/h7,9-10H,2-6H2,1H3. The van der Waals surface area contributed by atoms with Crippen LogP contribution in [-0.2, 0) is 0 Å². The topological polar surface area (TPSA) is 20.2 Å². The van der Waals surface area contributed by atoms with E-state index in [0.29, 0.717) is 0 Å². The van der Waals surface area contributed by atoms with Gasteiger partial charge in [0, 0.05) is 0 Å². The van der Waals surface area contributed by atoms with Gasteiger partial charge in [-0.2, -0.15) is 11.8 Å². The number of aliphatic hydroxyl groups is 1. The predicted octanol–water partition coefficient (Wildman–Crippen LogP) is 2.21. The Balaban J connectivity index is 2.12. The number of thioether (sulfide) groups is 1. The van der Waals surface area contributed by atoms with Gasteiger partial charge in [0.1, 0.15) is 0 Å². The molecular weight excluding hydrogens is 156 g/mol. The van der Waals surface area contributed by atoms with E-state index < -0.39 is 0 Å². The van der Waals surface area contributed by atoms with Crippen LogP contribution < -0.4 is 0 Å². The Hall–Kier alpha value is 0.0500. The maximum Gasteiger partial charge on any atom is 0.0726 e. The number of rotatable bonds is 4. The van der Waals surface area contributed by atoms with Crippen LogP contribution in [0.25, 0.3) is 0 Å². The van der Waals surface area contributed by atoms with E-state index in [4.69, 9.17) is 0 Å². The van der Waals surface area contributed by atoms with Gasteiger partial charge in [0.15, 0.2) is 0 Å². The highest BCUT2D eigenvalue weighted by atomic mass is 32.2. The maximum atomic E-state index is 9.17. The lowest BCUT2D eigenvalue weighted by molar-refractivity contribution is 0.223. The molecular formula is C9H16OS. The lowest BCUT2D eigenvalue weighted by atomic mass is 10.1. The van der Waals surface area contributed by atoms with E-state index >= 15 is 0 Å². The minimum Gasteiger partial charge on any atom is -0.389 e. The molecule has 0 fully saturated rings. The van der Waals surface area contributed by atoms with E-state index in [-0.39, 0.29) is 6.10 Å². The zero-order chi connectivity index (χ0) is 8.10. The molecule has 2 heteroatoms. The minimum atomic E-state index is -0.140. The summed E-state index contributed by atoms with van der Waals surface area (Å²) in [5, 5.41) is 9.17. The molecule has 64 valence electrons. The first-order chi connectivity index (χ1) is 5.33. The third kappa shape index (κ3) is 3.30. The van der Waals surface area contributed by atoms with Crippen LogP contribution in [0.4, 0.5) is 0 Å². The molecule has 1 aliphatic rings. The minimum absolute atomic E-state index is 0.140. The Kier molecular flexibility index (Phi) is 4.02. The highest BCUT2D eigenvalue weighted by Crippen LogP contribution is 2.22. The van der Waals surface area contributed by atoms with Gasteiger partial charge in [-0.25, -0.2) is 0 Å². The summed E-state index contributed by atoms with van der Waals surface area (Å²) in [5.74, 6) is 1.24. The van der Waals surface area contributed by atoms with Crippen LogP contribution in [-0.4, -0.2) is 23.2 Å². The molecule has 0 aromatic carbocycles. The summed E-state index contributed by atoms with van der Waals surface area (Å²) >= 11 is 1.90. The molecule has 0 heterocycles. The Labute approximate surface area is 72.9 Å². The molecule has 1 unspecified atom stereocenters. The normalized spacial score (nSPS) is 23.8. The van der Waals surface area contributed by atoms with E-state index in [0.717, 1.165) is 12.8 Å². The quantitative estimate of drug-likeness (QED) is 0.518. The number of aliphatic hydroxyl groups excluding tert-OH is 1. The van der Waals surface area contributed by atoms with Gasteiger partial charge in [-0.3, -0.25) is 0 Å². The highest BCUT2D eigenvalue weighted by Gasteiger charge is 2.11. The van der Waals surface area contributed by atoms with Gasteiger partial charge in [-0.1, -0.05) is 11.6 Å². The maximum absolute atomic E-state index is 9.17. The van der Waals surface area contributed by atoms with Crippen LogP contribution in [0.15, 0.2) is 11.6 Å². The van der Waals surface area contributed by atoms with Crippen molar-refractivity contribution in [3.63, 3.8) is 0 Å². The predicted molar refractivity (Wildman–Crippen MR) is 50.9 cm³/mol. The summed E-state index contributed by atoms with van der Waals surface area (Å²) in [6, 6.07) is 0. The third-order valence-corrected chi connectivity index (χ3v) is 2.73. The van der Waals surface area contributed by atoms with E-state index in [1.165, 1.54) is 24.2 Å². The van der Waals surface area contributed by atoms with Crippen molar-refractivity contribution in [1.29, 1.82) is 0 Å². The van der Waals surface area contributed by atoms with Crippen LogP contribution >= 0.6 is 11.8 Å². The van der Waals surface area contributed by atoms with Crippen LogP contribution in [0.3, 0.4) is 0 Å². The number of allylic oxidation sites excluding steroid dienone is 1. The Bertz CT molecular complexity index is 142. The molecule has 0 aliphatic heterocycles. The molecule has 1 aliphatic carbocycles. The van der Waals surface area contributed by atoms with E-state index in [9.17, 15) is 5.11 Å². The van der Waals surface area contributed by atoms with Gasteiger partial charge in [0.2, 0.25) is 0 Å². The van der Waals surface area contributed by atoms with E-state index in [2.05, 4.69) is 6.26 Å². The molecule has 1 nitrogen and oxygen atoms in total. The second-order valence-electron chi connectivity index (χ2n) is 3.03. The molecule has 0 aromatic rings. The highest BCUT2D eigenvalue weighted by molar-refractivity contribution is 7.98. The second kappa shape index (κ2) is 4.83. The number of hydrogen-bond donors (Lipinski definition) is 1. The largest absolute Gasteiger partial charge is 0.389 e. The van der Waals surface area contributed by atoms with Crippen molar-refractivity contribution in [1.82, 2.24) is 0 Å². The lowest BCUT2D eigenvalue weighted by Crippen LogP contribution is -1.93. The Morgan fingerprint density at radius 2 is 2.55 bits per heavy atom. The van der Waals surface area contributed by atoms with Gasteiger partial charge in [0.25, 0.3) is 0 Å².